The van der Waals surface area contributed by atoms with Crippen LogP contribution in [0.25, 0.3) is 0 Å². The van der Waals surface area contributed by atoms with E-state index in [0.717, 1.165) is 19.4 Å². The molecule has 0 spiro atoms. The van der Waals surface area contributed by atoms with Crippen molar-refractivity contribution in [3.8, 4) is 0 Å². The van der Waals surface area contributed by atoms with E-state index in [4.69, 9.17) is 10.5 Å². The third-order valence-corrected chi connectivity index (χ3v) is 2.84. The lowest BCUT2D eigenvalue weighted by Crippen LogP contribution is -2.25. The van der Waals surface area contributed by atoms with Gasteiger partial charge in [-0.3, -0.25) is 4.79 Å². The number of nitrogens with one attached hydrogen (secondary N) is 1. The molecular formula is C11H17N3O2. The molecule has 2 heterocycles. The Bertz CT molecular complexity index is 396. The van der Waals surface area contributed by atoms with Gasteiger partial charge in [-0.05, 0) is 19.3 Å². The van der Waals surface area contributed by atoms with Crippen LogP contribution in [0.1, 0.15) is 30.7 Å². The molecule has 16 heavy (non-hydrogen) atoms. The Balaban J connectivity index is 2.04. The average molecular weight is 223 g/mol. The lowest BCUT2D eigenvalue weighted by molar-refractivity contribution is 0.0156. The maximum absolute atomic E-state index is 11.5. The van der Waals surface area contributed by atoms with Crippen molar-refractivity contribution in [1.82, 2.24) is 9.97 Å². The quantitative estimate of drug-likeness (QED) is 0.774. The zero-order valence-corrected chi connectivity index (χ0v) is 9.24. The molecule has 1 unspecified atom stereocenters. The molecule has 0 bridgehead atoms. The van der Waals surface area contributed by atoms with Crippen molar-refractivity contribution in [2.75, 3.05) is 6.61 Å². The highest BCUT2D eigenvalue weighted by Gasteiger charge is 2.15. The van der Waals surface area contributed by atoms with E-state index in [-0.39, 0.29) is 18.2 Å². The van der Waals surface area contributed by atoms with E-state index in [2.05, 4.69) is 9.97 Å². The molecule has 0 aliphatic carbocycles. The monoisotopic (exact) mass is 223 g/mol. The average Bonchev–Trinajstić information content (AvgIpc) is 2.31. The van der Waals surface area contributed by atoms with E-state index in [1.165, 1.54) is 6.42 Å². The first-order valence-corrected chi connectivity index (χ1v) is 5.68. The van der Waals surface area contributed by atoms with Crippen molar-refractivity contribution in [3.63, 3.8) is 0 Å². The minimum absolute atomic E-state index is 0.136. The molecule has 1 saturated heterocycles. The molecular weight excluding hydrogens is 206 g/mol. The van der Waals surface area contributed by atoms with Crippen molar-refractivity contribution in [2.45, 2.75) is 38.3 Å². The first kappa shape index (κ1) is 11.3. The van der Waals surface area contributed by atoms with Gasteiger partial charge in [0.1, 0.15) is 5.82 Å². The van der Waals surface area contributed by atoms with Gasteiger partial charge in [-0.15, -0.1) is 0 Å². The molecule has 1 aromatic rings. The third kappa shape index (κ3) is 2.68. The fourth-order valence-electron chi connectivity index (χ4n) is 1.89. The number of nitrogens with two attached hydrogens (primary N) is 1. The van der Waals surface area contributed by atoms with Crippen LogP contribution < -0.4 is 11.3 Å². The Kier molecular flexibility index (Phi) is 3.69. The molecule has 0 radical (unpaired) electrons. The molecule has 1 aliphatic rings. The normalized spacial score (nSPS) is 20.9. The molecule has 3 N–H and O–H groups in total. The molecule has 5 heteroatoms. The van der Waals surface area contributed by atoms with E-state index >= 15 is 0 Å². The highest BCUT2D eigenvalue weighted by molar-refractivity contribution is 5.05. The summed E-state index contributed by atoms with van der Waals surface area (Å²) in [5, 5.41) is 0. The van der Waals surface area contributed by atoms with Crippen molar-refractivity contribution in [3.05, 3.63) is 27.9 Å². The standard InChI is InChI=1S/C11H17N3O2/c12-6-8-7-13-10(14-11(8)15)5-9-3-1-2-4-16-9/h7,9H,1-6,12H2,(H,13,14,15). The van der Waals surface area contributed by atoms with Gasteiger partial charge in [0.05, 0.1) is 6.10 Å². The molecule has 1 fully saturated rings. The van der Waals surface area contributed by atoms with Gasteiger partial charge in [-0.1, -0.05) is 0 Å². The SMILES string of the molecule is NCc1cnc(CC2CCCCO2)[nH]c1=O. The summed E-state index contributed by atoms with van der Waals surface area (Å²) in [6.07, 6.45) is 5.79. The predicted octanol–water partition coefficient (Wildman–Crippen LogP) is 0.340. The third-order valence-electron chi connectivity index (χ3n) is 2.84. The molecule has 1 aliphatic heterocycles. The Hall–Kier alpha value is -1.20. The second kappa shape index (κ2) is 5.23. The van der Waals surface area contributed by atoms with Gasteiger partial charge in [0.25, 0.3) is 5.56 Å². The number of nitrogens with zero attached hydrogens (tertiary/aromatic N) is 1. The summed E-state index contributed by atoms with van der Waals surface area (Å²) in [4.78, 5) is 18.4. The van der Waals surface area contributed by atoms with Crippen LogP contribution in [0.5, 0.6) is 0 Å². The fraction of sp³-hybridized carbons (Fsp3) is 0.636. The Morgan fingerprint density at radius 1 is 1.56 bits per heavy atom. The van der Waals surface area contributed by atoms with Gasteiger partial charge in [0.2, 0.25) is 0 Å². The molecule has 1 aromatic heterocycles. The largest absolute Gasteiger partial charge is 0.378 e. The molecule has 1 atom stereocenters. The lowest BCUT2D eigenvalue weighted by atomic mass is 10.1. The van der Waals surface area contributed by atoms with Gasteiger partial charge in [0, 0.05) is 31.3 Å². The second-order valence-electron chi connectivity index (χ2n) is 4.08. The van der Waals surface area contributed by atoms with Crippen LogP contribution in [0.4, 0.5) is 0 Å². The molecule has 5 nitrogen and oxygen atoms in total. The summed E-state index contributed by atoms with van der Waals surface area (Å²) in [6.45, 7) is 1.04. The van der Waals surface area contributed by atoms with Crippen molar-refractivity contribution in [2.24, 2.45) is 5.73 Å². The Labute approximate surface area is 94.0 Å². The van der Waals surface area contributed by atoms with Crippen LogP contribution in [-0.2, 0) is 17.7 Å². The smallest absolute Gasteiger partial charge is 0.255 e. The van der Waals surface area contributed by atoms with E-state index in [9.17, 15) is 4.79 Å². The minimum Gasteiger partial charge on any atom is -0.378 e. The zero-order chi connectivity index (χ0) is 11.4. The first-order valence-electron chi connectivity index (χ1n) is 5.68. The van der Waals surface area contributed by atoms with Crippen LogP contribution in [0.15, 0.2) is 11.0 Å². The van der Waals surface area contributed by atoms with Crippen LogP contribution in [0, 0.1) is 0 Å². The number of aromatic amines is 1. The lowest BCUT2D eigenvalue weighted by Gasteiger charge is -2.21. The van der Waals surface area contributed by atoms with Crippen molar-refractivity contribution in [1.29, 1.82) is 0 Å². The van der Waals surface area contributed by atoms with Crippen LogP contribution in [0.2, 0.25) is 0 Å². The molecule has 0 aromatic carbocycles. The van der Waals surface area contributed by atoms with Gasteiger partial charge in [-0.25, -0.2) is 4.98 Å². The highest BCUT2D eigenvalue weighted by atomic mass is 16.5. The van der Waals surface area contributed by atoms with Gasteiger partial charge >= 0.3 is 0 Å². The highest BCUT2D eigenvalue weighted by Crippen LogP contribution is 2.15. The summed E-state index contributed by atoms with van der Waals surface area (Å²) < 4.78 is 5.59. The van der Waals surface area contributed by atoms with Crippen LogP contribution >= 0.6 is 0 Å². The summed E-state index contributed by atoms with van der Waals surface area (Å²) >= 11 is 0. The number of aromatic nitrogens is 2. The summed E-state index contributed by atoms with van der Waals surface area (Å²) in [5.74, 6) is 0.689. The molecule has 2 rings (SSSR count). The Morgan fingerprint density at radius 2 is 2.44 bits per heavy atom. The van der Waals surface area contributed by atoms with Crippen molar-refractivity contribution >= 4 is 0 Å². The predicted molar refractivity (Wildman–Crippen MR) is 60.0 cm³/mol. The second-order valence-corrected chi connectivity index (χ2v) is 4.08. The van der Waals surface area contributed by atoms with Crippen molar-refractivity contribution < 1.29 is 4.74 Å². The van der Waals surface area contributed by atoms with E-state index in [1.807, 2.05) is 0 Å². The maximum Gasteiger partial charge on any atom is 0.255 e. The number of rotatable bonds is 3. The van der Waals surface area contributed by atoms with E-state index < -0.39 is 0 Å². The van der Waals surface area contributed by atoms with Gasteiger partial charge < -0.3 is 15.5 Å². The number of hydrogen-bond acceptors (Lipinski definition) is 4. The summed E-state index contributed by atoms with van der Waals surface area (Å²) in [5.41, 5.74) is 5.79. The number of ether oxygens (including phenoxy) is 1. The fourth-order valence-corrected chi connectivity index (χ4v) is 1.89. The van der Waals surface area contributed by atoms with E-state index in [1.54, 1.807) is 6.20 Å². The topological polar surface area (TPSA) is 81.0 Å². The van der Waals surface area contributed by atoms with Gasteiger partial charge in [-0.2, -0.15) is 0 Å². The Morgan fingerprint density at radius 3 is 3.06 bits per heavy atom. The van der Waals surface area contributed by atoms with Crippen LogP contribution in [0.3, 0.4) is 0 Å². The molecule has 0 saturated carbocycles. The first-order chi connectivity index (χ1) is 7.79. The van der Waals surface area contributed by atoms with Crippen LogP contribution in [-0.4, -0.2) is 22.7 Å². The summed E-state index contributed by atoms with van der Waals surface area (Å²) in [6, 6.07) is 0. The molecule has 88 valence electrons. The zero-order valence-electron chi connectivity index (χ0n) is 9.24. The van der Waals surface area contributed by atoms with Gasteiger partial charge in [0.15, 0.2) is 0 Å². The number of hydrogen-bond donors (Lipinski definition) is 2. The number of H-pyrrole nitrogens is 1. The molecule has 0 amide bonds. The van der Waals surface area contributed by atoms with E-state index in [0.29, 0.717) is 17.8 Å². The summed E-state index contributed by atoms with van der Waals surface area (Å²) in [7, 11) is 0. The minimum atomic E-state index is -0.136. The maximum atomic E-state index is 11.5.